The predicted octanol–water partition coefficient (Wildman–Crippen LogP) is 13.9. The molecule has 1 heterocycles. The highest BCUT2D eigenvalue weighted by molar-refractivity contribution is 6.10. The van der Waals surface area contributed by atoms with Gasteiger partial charge in [-0.3, -0.25) is 0 Å². The lowest BCUT2D eigenvalue weighted by Gasteiger charge is -2.28. The lowest BCUT2D eigenvalue weighted by atomic mass is 9.82. The Kier molecular flexibility index (Phi) is 7.19. The van der Waals surface area contributed by atoms with Gasteiger partial charge in [0.1, 0.15) is 0 Å². The highest BCUT2D eigenvalue weighted by Gasteiger charge is 2.35. The van der Waals surface area contributed by atoms with Gasteiger partial charge in [0, 0.05) is 38.9 Å². The van der Waals surface area contributed by atoms with Crippen molar-refractivity contribution in [3.05, 3.63) is 205 Å². The molecule has 53 heavy (non-hydrogen) atoms. The van der Waals surface area contributed by atoms with E-state index < -0.39 is 0 Å². The van der Waals surface area contributed by atoms with E-state index in [0.717, 1.165) is 22.7 Å². The molecule has 0 N–H and O–H groups in total. The van der Waals surface area contributed by atoms with Crippen LogP contribution in [0.3, 0.4) is 0 Å². The summed E-state index contributed by atoms with van der Waals surface area (Å²) in [5.41, 5.74) is 17.0. The first-order valence-electron chi connectivity index (χ1n) is 18.4. The highest BCUT2D eigenvalue weighted by atomic mass is 15.1. The summed E-state index contributed by atoms with van der Waals surface area (Å²) in [6.07, 6.45) is 0. The Morgan fingerprint density at radius 3 is 1.60 bits per heavy atom. The summed E-state index contributed by atoms with van der Waals surface area (Å²) in [5.74, 6) is 0. The lowest BCUT2D eigenvalue weighted by Crippen LogP contribution is -2.16. The van der Waals surface area contributed by atoms with Crippen LogP contribution in [-0.4, -0.2) is 4.57 Å². The van der Waals surface area contributed by atoms with Crippen molar-refractivity contribution in [1.82, 2.24) is 4.57 Å². The summed E-state index contributed by atoms with van der Waals surface area (Å²) in [6, 6.07) is 70.8. The zero-order valence-electron chi connectivity index (χ0n) is 29.9. The van der Waals surface area contributed by atoms with Crippen LogP contribution < -0.4 is 4.90 Å². The van der Waals surface area contributed by atoms with Crippen LogP contribution in [-0.2, 0) is 5.41 Å². The van der Waals surface area contributed by atoms with Crippen molar-refractivity contribution in [2.45, 2.75) is 19.3 Å². The Labute approximate surface area is 310 Å². The fraction of sp³-hybridized carbons (Fsp3) is 0.0588. The second-order valence-corrected chi connectivity index (χ2v) is 14.6. The molecule has 2 heteroatoms. The molecule has 10 rings (SSSR count). The molecule has 8 aromatic carbocycles. The van der Waals surface area contributed by atoms with Gasteiger partial charge in [0.15, 0.2) is 0 Å². The summed E-state index contributed by atoms with van der Waals surface area (Å²) in [5, 5.41) is 2.48. The standard InChI is InChI=1S/C51H38N2/c1-51(2)47-19-11-9-17-43(47)44-31-29-41(33-48(44)51)52(39-25-21-37(22-26-39)35-13-5-3-6-14-35)42-30-32-46-45-18-10-12-20-49(45)53(50(46)34-42)40-27-23-38(24-28-40)36-15-7-4-8-16-36/h3-34H,1-2H3. The van der Waals surface area contributed by atoms with Crippen LogP contribution in [0, 0.1) is 0 Å². The van der Waals surface area contributed by atoms with E-state index in [2.05, 4.69) is 217 Å². The summed E-state index contributed by atoms with van der Waals surface area (Å²) in [6.45, 7) is 4.71. The molecule has 0 bridgehead atoms. The Bertz CT molecular complexity index is 2770. The number of nitrogens with zero attached hydrogens (tertiary/aromatic N) is 2. The molecule has 0 atom stereocenters. The van der Waals surface area contributed by atoms with Gasteiger partial charge in [0.25, 0.3) is 0 Å². The molecule has 0 unspecified atom stereocenters. The maximum absolute atomic E-state index is 2.42. The second-order valence-electron chi connectivity index (χ2n) is 14.6. The normalized spacial score (nSPS) is 12.9. The minimum absolute atomic E-state index is 0.104. The van der Waals surface area contributed by atoms with Crippen LogP contribution in [0.5, 0.6) is 0 Å². The van der Waals surface area contributed by atoms with Crippen LogP contribution in [0.2, 0.25) is 0 Å². The molecule has 0 aliphatic heterocycles. The Morgan fingerprint density at radius 2 is 0.887 bits per heavy atom. The van der Waals surface area contributed by atoms with Crippen molar-refractivity contribution in [3.63, 3.8) is 0 Å². The van der Waals surface area contributed by atoms with Crippen molar-refractivity contribution in [2.24, 2.45) is 0 Å². The molecule has 2 nitrogen and oxygen atoms in total. The molecule has 1 aliphatic rings. The van der Waals surface area contributed by atoms with Gasteiger partial charge in [-0.1, -0.05) is 153 Å². The van der Waals surface area contributed by atoms with E-state index in [9.17, 15) is 0 Å². The molecule has 0 radical (unpaired) electrons. The largest absolute Gasteiger partial charge is 0.310 e. The number of hydrogen-bond donors (Lipinski definition) is 0. The molecular weight excluding hydrogens is 641 g/mol. The Morgan fingerprint density at radius 1 is 0.377 bits per heavy atom. The number of hydrogen-bond acceptors (Lipinski definition) is 1. The first-order chi connectivity index (χ1) is 26.0. The third-order valence-electron chi connectivity index (χ3n) is 11.2. The third-order valence-corrected chi connectivity index (χ3v) is 11.2. The number of benzene rings is 8. The smallest absolute Gasteiger partial charge is 0.0561 e. The quantitative estimate of drug-likeness (QED) is 0.170. The first kappa shape index (κ1) is 31.1. The van der Waals surface area contributed by atoms with Gasteiger partial charge in [-0.25, -0.2) is 0 Å². The average Bonchev–Trinajstić information content (AvgIpc) is 3.67. The number of para-hydroxylation sites is 1. The monoisotopic (exact) mass is 678 g/mol. The van der Waals surface area contributed by atoms with Gasteiger partial charge in [0.05, 0.1) is 11.0 Å². The molecule has 1 aliphatic carbocycles. The van der Waals surface area contributed by atoms with Crippen LogP contribution >= 0.6 is 0 Å². The number of fused-ring (bicyclic) bond motifs is 6. The van der Waals surface area contributed by atoms with Gasteiger partial charge < -0.3 is 9.47 Å². The van der Waals surface area contributed by atoms with Gasteiger partial charge in [-0.15, -0.1) is 0 Å². The zero-order chi connectivity index (χ0) is 35.5. The van der Waals surface area contributed by atoms with Gasteiger partial charge in [-0.05, 0) is 99.1 Å². The predicted molar refractivity (Wildman–Crippen MR) is 224 cm³/mol. The van der Waals surface area contributed by atoms with E-state index in [-0.39, 0.29) is 5.41 Å². The van der Waals surface area contributed by atoms with Crippen molar-refractivity contribution in [3.8, 4) is 39.1 Å². The maximum Gasteiger partial charge on any atom is 0.0561 e. The number of anilines is 3. The molecule has 252 valence electrons. The molecule has 0 fully saturated rings. The SMILES string of the molecule is CC1(C)c2ccccc2-c2ccc(N(c3ccc(-c4ccccc4)cc3)c3ccc4c5ccccc5n(-c5ccc(-c6ccccc6)cc5)c4c3)cc21. The van der Waals surface area contributed by atoms with Gasteiger partial charge >= 0.3 is 0 Å². The molecule has 1 aromatic heterocycles. The molecule has 0 saturated heterocycles. The first-order valence-corrected chi connectivity index (χ1v) is 18.4. The van der Waals surface area contributed by atoms with Crippen molar-refractivity contribution < 1.29 is 0 Å². The summed E-state index contributed by atoms with van der Waals surface area (Å²) < 4.78 is 2.42. The van der Waals surface area contributed by atoms with Crippen molar-refractivity contribution >= 4 is 38.9 Å². The van der Waals surface area contributed by atoms with Gasteiger partial charge in [0.2, 0.25) is 0 Å². The maximum atomic E-state index is 2.42. The Hall–Kier alpha value is -6.64. The molecule has 0 spiro atoms. The lowest BCUT2D eigenvalue weighted by molar-refractivity contribution is 0.660. The van der Waals surface area contributed by atoms with Crippen LogP contribution in [0.15, 0.2) is 194 Å². The highest BCUT2D eigenvalue weighted by Crippen LogP contribution is 2.51. The summed E-state index contributed by atoms with van der Waals surface area (Å²) in [7, 11) is 0. The molecule has 0 amide bonds. The summed E-state index contributed by atoms with van der Waals surface area (Å²) in [4.78, 5) is 2.42. The fourth-order valence-electron chi connectivity index (χ4n) is 8.52. The van der Waals surface area contributed by atoms with Gasteiger partial charge in [-0.2, -0.15) is 0 Å². The van der Waals surface area contributed by atoms with E-state index in [1.807, 2.05) is 0 Å². The van der Waals surface area contributed by atoms with Crippen LogP contribution in [0.1, 0.15) is 25.0 Å². The summed E-state index contributed by atoms with van der Waals surface area (Å²) >= 11 is 0. The van der Waals surface area contributed by atoms with E-state index in [1.165, 1.54) is 66.3 Å². The Balaban J connectivity index is 1.16. The van der Waals surface area contributed by atoms with Crippen LogP contribution in [0.25, 0.3) is 60.9 Å². The number of rotatable bonds is 6. The minimum atomic E-state index is -0.104. The van der Waals surface area contributed by atoms with Crippen molar-refractivity contribution in [2.75, 3.05) is 4.90 Å². The van der Waals surface area contributed by atoms with E-state index in [1.54, 1.807) is 0 Å². The zero-order valence-corrected chi connectivity index (χ0v) is 29.9. The van der Waals surface area contributed by atoms with Crippen molar-refractivity contribution in [1.29, 1.82) is 0 Å². The average molecular weight is 679 g/mol. The minimum Gasteiger partial charge on any atom is -0.310 e. The van der Waals surface area contributed by atoms with E-state index >= 15 is 0 Å². The van der Waals surface area contributed by atoms with E-state index in [0.29, 0.717) is 0 Å². The molecule has 9 aromatic rings. The molecular formula is C51H38N2. The van der Waals surface area contributed by atoms with E-state index in [4.69, 9.17) is 0 Å². The third kappa shape index (κ3) is 5.10. The molecule has 0 saturated carbocycles. The topological polar surface area (TPSA) is 8.17 Å². The second kappa shape index (κ2) is 12.3. The fourth-order valence-corrected chi connectivity index (χ4v) is 8.52. The number of aromatic nitrogens is 1. The van der Waals surface area contributed by atoms with Crippen LogP contribution in [0.4, 0.5) is 17.1 Å².